The molecule has 0 bridgehead atoms. The van der Waals surface area contributed by atoms with Crippen molar-refractivity contribution in [1.82, 2.24) is 4.98 Å². The lowest BCUT2D eigenvalue weighted by atomic mass is 9.85. The predicted octanol–water partition coefficient (Wildman–Crippen LogP) is 6.47. The van der Waals surface area contributed by atoms with Crippen LogP contribution >= 0.6 is 0 Å². The molecule has 0 aliphatic heterocycles. The first-order valence-corrected chi connectivity index (χ1v) is 11.6. The second kappa shape index (κ2) is 10.0. The van der Waals surface area contributed by atoms with Gasteiger partial charge in [0.15, 0.2) is 0 Å². The highest BCUT2D eigenvalue weighted by atomic mass is 19.4. The van der Waals surface area contributed by atoms with Crippen LogP contribution in [0.4, 0.5) is 35.2 Å². The van der Waals surface area contributed by atoms with Crippen LogP contribution in [0.15, 0.2) is 54.6 Å². The molecule has 0 radical (unpaired) electrons. The number of anilines is 3. The molecule has 1 amide bonds. The number of aromatic nitrogens is 1. The summed E-state index contributed by atoms with van der Waals surface area (Å²) in [5.41, 5.74) is 1.18. The Labute approximate surface area is 202 Å². The number of nitrogens with zero attached hydrogens (tertiary/aromatic N) is 3. The van der Waals surface area contributed by atoms with Gasteiger partial charge in [0.05, 0.1) is 11.1 Å². The first-order valence-electron chi connectivity index (χ1n) is 11.6. The number of rotatable bonds is 6. The fraction of sp³-hybridized carbons (Fsp3) is 0.385. The second-order valence-corrected chi connectivity index (χ2v) is 9.24. The monoisotopic (exact) mass is 486 g/mol. The minimum absolute atomic E-state index is 0.0455. The van der Waals surface area contributed by atoms with Gasteiger partial charge in [-0.05, 0) is 55.9 Å². The Balaban J connectivity index is 1.41. The normalized spacial score (nSPS) is 18.3. The zero-order chi connectivity index (χ0) is 25.2. The summed E-state index contributed by atoms with van der Waals surface area (Å²) in [6.45, 7) is 0.169. The van der Waals surface area contributed by atoms with Crippen molar-refractivity contribution in [3.05, 3.63) is 60.2 Å². The average molecular weight is 487 g/mol. The predicted molar refractivity (Wildman–Crippen MR) is 132 cm³/mol. The number of hydrogen-bond acceptors (Lipinski definition) is 4. The zero-order valence-electron chi connectivity index (χ0n) is 19.7. The van der Waals surface area contributed by atoms with E-state index in [9.17, 15) is 23.1 Å². The summed E-state index contributed by atoms with van der Waals surface area (Å²) < 4.78 is 39.3. The van der Waals surface area contributed by atoms with Crippen molar-refractivity contribution in [2.45, 2.75) is 37.9 Å². The van der Waals surface area contributed by atoms with Crippen LogP contribution in [0.2, 0.25) is 0 Å². The van der Waals surface area contributed by atoms with Gasteiger partial charge in [-0.15, -0.1) is 0 Å². The molecule has 2 N–H and O–H groups in total. The fourth-order valence-corrected chi connectivity index (χ4v) is 4.70. The number of alkyl halides is 3. The van der Waals surface area contributed by atoms with Gasteiger partial charge in [-0.2, -0.15) is 13.2 Å². The first kappa shape index (κ1) is 24.6. The van der Waals surface area contributed by atoms with Crippen molar-refractivity contribution in [3.8, 4) is 0 Å². The number of pyridine rings is 1. The van der Waals surface area contributed by atoms with E-state index in [0.717, 1.165) is 65.1 Å². The number of benzene rings is 2. The summed E-state index contributed by atoms with van der Waals surface area (Å²) in [5, 5.41) is 14.3. The van der Waals surface area contributed by atoms with Crippen LogP contribution in [-0.4, -0.2) is 42.9 Å². The van der Waals surface area contributed by atoms with Crippen LogP contribution in [0.5, 0.6) is 0 Å². The SMILES string of the molecule is CN(C)c1cc(NC2CCC(CN(C(=O)O)c3cccc(C(F)(F)F)c3)CC2)nc2ccccc12. The van der Waals surface area contributed by atoms with Gasteiger partial charge in [-0.25, -0.2) is 9.78 Å². The van der Waals surface area contributed by atoms with Crippen molar-refractivity contribution < 1.29 is 23.1 Å². The van der Waals surface area contributed by atoms with E-state index in [4.69, 9.17) is 4.98 Å². The number of carboxylic acid groups (broad SMARTS) is 1. The van der Waals surface area contributed by atoms with E-state index in [1.807, 2.05) is 44.4 Å². The van der Waals surface area contributed by atoms with Crippen molar-refractivity contribution in [2.24, 2.45) is 5.92 Å². The average Bonchev–Trinajstić information content (AvgIpc) is 2.82. The highest BCUT2D eigenvalue weighted by Gasteiger charge is 2.32. The molecular weight excluding hydrogens is 457 g/mol. The Morgan fingerprint density at radius 1 is 1.06 bits per heavy atom. The molecule has 2 aromatic carbocycles. The van der Waals surface area contributed by atoms with Gasteiger partial charge in [0.25, 0.3) is 0 Å². The maximum absolute atomic E-state index is 13.1. The van der Waals surface area contributed by atoms with Crippen LogP contribution in [0.25, 0.3) is 10.9 Å². The summed E-state index contributed by atoms with van der Waals surface area (Å²) in [6, 6.07) is 14.7. The Morgan fingerprint density at radius 3 is 2.43 bits per heavy atom. The molecule has 1 saturated carbocycles. The third-order valence-corrected chi connectivity index (χ3v) is 6.53. The third kappa shape index (κ3) is 5.78. The summed E-state index contributed by atoms with van der Waals surface area (Å²) in [7, 11) is 3.99. The number of halogens is 3. The standard InChI is InChI=1S/C26H29F3N4O2/c1-32(2)23-15-24(31-22-9-4-3-8-21(22)23)30-19-12-10-17(11-13-19)16-33(25(34)35)20-7-5-6-18(14-20)26(27,28)29/h3-9,14-15,17,19H,10-13,16H2,1-2H3,(H,30,31)(H,34,35). The first-order chi connectivity index (χ1) is 16.6. The molecule has 1 fully saturated rings. The van der Waals surface area contributed by atoms with Gasteiger partial charge in [-0.1, -0.05) is 24.3 Å². The van der Waals surface area contributed by atoms with Crippen molar-refractivity contribution in [2.75, 3.05) is 35.8 Å². The molecule has 1 heterocycles. The number of fused-ring (bicyclic) bond motifs is 1. The molecule has 0 unspecified atom stereocenters. The fourth-order valence-electron chi connectivity index (χ4n) is 4.70. The maximum Gasteiger partial charge on any atom is 0.416 e. The molecular formula is C26H29F3N4O2. The minimum Gasteiger partial charge on any atom is -0.465 e. The van der Waals surface area contributed by atoms with Crippen molar-refractivity contribution in [1.29, 1.82) is 0 Å². The Kier molecular flexibility index (Phi) is 7.05. The van der Waals surface area contributed by atoms with Crippen LogP contribution in [0.1, 0.15) is 31.2 Å². The molecule has 0 atom stereocenters. The van der Waals surface area contributed by atoms with Crippen LogP contribution < -0.4 is 15.1 Å². The summed E-state index contributed by atoms with van der Waals surface area (Å²) in [6.07, 6.45) is -2.57. The van der Waals surface area contributed by atoms with Gasteiger partial charge in [0, 0.05) is 49.5 Å². The van der Waals surface area contributed by atoms with Crippen LogP contribution in [-0.2, 0) is 6.18 Å². The number of hydrogen-bond donors (Lipinski definition) is 2. The molecule has 1 aromatic heterocycles. The zero-order valence-corrected chi connectivity index (χ0v) is 19.7. The number of carbonyl (C=O) groups is 1. The molecule has 9 heteroatoms. The minimum atomic E-state index is -4.52. The topological polar surface area (TPSA) is 68.7 Å². The third-order valence-electron chi connectivity index (χ3n) is 6.53. The van der Waals surface area contributed by atoms with E-state index in [2.05, 4.69) is 10.2 Å². The molecule has 35 heavy (non-hydrogen) atoms. The smallest absolute Gasteiger partial charge is 0.416 e. The molecule has 6 nitrogen and oxygen atoms in total. The van der Waals surface area contributed by atoms with E-state index in [1.165, 1.54) is 12.1 Å². The lowest BCUT2D eigenvalue weighted by molar-refractivity contribution is -0.137. The summed E-state index contributed by atoms with van der Waals surface area (Å²) in [4.78, 5) is 19.7. The Hall–Kier alpha value is -3.49. The Morgan fingerprint density at radius 2 is 1.77 bits per heavy atom. The van der Waals surface area contributed by atoms with Crippen molar-refractivity contribution >= 4 is 34.2 Å². The van der Waals surface area contributed by atoms with E-state index >= 15 is 0 Å². The molecule has 3 aromatic rings. The summed E-state index contributed by atoms with van der Waals surface area (Å²) in [5.74, 6) is 0.868. The largest absolute Gasteiger partial charge is 0.465 e. The van der Waals surface area contributed by atoms with Gasteiger partial charge in [0.2, 0.25) is 0 Å². The Bertz CT molecular complexity index is 1190. The molecule has 1 aliphatic rings. The molecule has 4 rings (SSSR count). The van der Waals surface area contributed by atoms with E-state index in [0.29, 0.717) is 0 Å². The molecule has 1 aliphatic carbocycles. The van der Waals surface area contributed by atoms with Gasteiger partial charge < -0.3 is 15.3 Å². The highest BCUT2D eigenvalue weighted by Crippen LogP contribution is 2.34. The number of amides is 1. The number of nitrogens with one attached hydrogen (secondary N) is 1. The lowest BCUT2D eigenvalue weighted by Gasteiger charge is -2.32. The second-order valence-electron chi connectivity index (χ2n) is 9.24. The van der Waals surface area contributed by atoms with Crippen molar-refractivity contribution in [3.63, 3.8) is 0 Å². The quantitative estimate of drug-likeness (QED) is 0.418. The maximum atomic E-state index is 13.1. The molecule has 0 spiro atoms. The van der Waals surface area contributed by atoms with Crippen LogP contribution in [0, 0.1) is 5.92 Å². The molecule has 186 valence electrons. The highest BCUT2D eigenvalue weighted by molar-refractivity contribution is 5.93. The van der Waals surface area contributed by atoms with Crippen LogP contribution in [0.3, 0.4) is 0 Å². The van der Waals surface area contributed by atoms with E-state index < -0.39 is 17.8 Å². The number of para-hydroxylation sites is 1. The van der Waals surface area contributed by atoms with E-state index in [1.54, 1.807) is 0 Å². The van der Waals surface area contributed by atoms with Gasteiger partial charge >= 0.3 is 12.3 Å². The van der Waals surface area contributed by atoms with Gasteiger partial charge in [0.1, 0.15) is 5.82 Å². The molecule has 0 saturated heterocycles. The van der Waals surface area contributed by atoms with E-state index in [-0.39, 0.29) is 24.2 Å². The van der Waals surface area contributed by atoms with Gasteiger partial charge in [-0.3, -0.25) is 4.90 Å². The lowest BCUT2D eigenvalue weighted by Crippen LogP contribution is -2.37. The summed E-state index contributed by atoms with van der Waals surface area (Å²) >= 11 is 0.